The van der Waals surface area contributed by atoms with Crippen LogP contribution in [0, 0.1) is 12.3 Å². The second-order valence-corrected chi connectivity index (χ2v) is 12.6. The quantitative estimate of drug-likeness (QED) is 0.195. The van der Waals surface area contributed by atoms with E-state index in [0.717, 1.165) is 26.4 Å². The molecule has 0 aromatic heterocycles. The minimum atomic E-state index is -3.20. The summed E-state index contributed by atoms with van der Waals surface area (Å²) < 4.78 is 26.9. The fraction of sp³-hybridized carbons (Fsp3) is 0.441. The molecular formula is C34H36N2O14. The number of phenols is 2. The van der Waals surface area contributed by atoms with Crippen molar-refractivity contribution in [1.82, 2.24) is 5.32 Å². The summed E-state index contributed by atoms with van der Waals surface area (Å²) in [5.74, 6) is -6.38. The molecule has 8 atom stereocenters. The molecule has 0 unspecified atom stereocenters. The molecule has 2 aromatic carbocycles. The third-order valence-electron chi connectivity index (χ3n) is 10.2. The first-order valence-corrected chi connectivity index (χ1v) is 15.5. The van der Waals surface area contributed by atoms with Gasteiger partial charge in [0, 0.05) is 44.4 Å². The minimum Gasteiger partial charge on any atom is -0.507 e. The van der Waals surface area contributed by atoms with E-state index in [-0.39, 0.29) is 16.8 Å². The number of aryl methyl sites for hydroxylation is 1. The number of carbonyl (C=O) groups is 4. The van der Waals surface area contributed by atoms with E-state index in [2.05, 4.69) is 5.32 Å². The number of aliphatic hydroxyl groups excluding tert-OH is 2. The van der Waals surface area contributed by atoms with Gasteiger partial charge in [0.1, 0.15) is 35.4 Å². The Kier molecular flexibility index (Phi) is 8.50. The number of aliphatic hydroxyl groups is 3. The van der Waals surface area contributed by atoms with Gasteiger partial charge in [-0.05, 0) is 37.1 Å². The Morgan fingerprint density at radius 3 is 2.24 bits per heavy atom. The number of aromatic hydroxyl groups is 2. The summed E-state index contributed by atoms with van der Waals surface area (Å²) in [6.45, 7) is 3.09. The van der Waals surface area contributed by atoms with Crippen LogP contribution in [0.1, 0.15) is 70.6 Å². The molecule has 0 spiro atoms. The first-order chi connectivity index (χ1) is 23.6. The summed E-state index contributed by atoms with van der Waals surface area (Å²) in [5, 5.41) is 69.3. The fourth-order valence-electron chi connectivity index (χ4n) is 7.88. The van der Waals surface area contributed by atoms with Crippen LogP contribution in [-0.2, 0) is 35.7 Å². The lowest BCUT2D eigenvalue weighted by molar-refractivity contribution is -0.236. The van der Waals surface area contributed by atoms with Crippen molar-refractivity contribution in [3.05, 3.63) is 68.4 Å². The number of ether oxygens (including phenoxy) is 5. The Labute approximate surface area is 284 Å². The summed E-state index contributed by atoms with van der Waals surface area (Å²) in [5.41, 5.74) is -9.84. The molecular weight excluding hydrogens is 660 g/mol. The maximum Gasteiger partial charge on any atom is 0.341 e. The highest BCUT2D eigenvalue weighted by atomic mass is 16.6. The average molecular weight is 697 g/mol. The van der Waals surface area contributed by atoms with E-state index in [0.29, 0.717) is 0 Å². The summed E-state index contributed by atoms with van der Waals surface area (Å²) in [6.07, 6.45) is -6.09. The number of nitrogens with one attached hydrogen (secondary N) is 2. The smallest absolute Gasteiger partial charge is 0.341 e. The van der Waals surface area contributed by atoms with Crippen molar-refractivity contribution < 1.29 is 68.4 Å². The molecule has 16 nitrogen and oxygen atoms in total. The number of methoxy groups -OCH3 is 4. The van der Waals surface area contributed by atoms with Crippen LogP contribution in [-0.4, -0.2) is 125 Å². The lowest BCUT2D eigenvalue weighted by Gasteiger charge is -2.53. The van der Waals surface area contributed by atoms with Gasteiger partial charge < -0.3 is 59.9 Å². The summed E-state index contributed by atoms with van der Waals surface area (Å²) >= 11 is 0. The predicted octanol–water partition coefficient (Wildman–Crippen LogP) is -0.0648. The van der Waals surface area contributed by atoms with E-state index in [1.54, 1.807) is 6.92 Å². The third kappa shape index (κ3) is 4.40. The number of ketones is 3. The van der Waals surface area contributed by atoms with Gasteiger partial charge in [-0.25, -0.2) is 4.79 Å². The SMILES string of the molecule is COC(=O)c1c(C)cc2c(c1O)[C@]1(O)C(=O)c3cc4c(c(O)c3C(=O)[C@]1(OC)[C@H](O)C2)C(=N)C=C(N[C@H]1O[C@@H](C)[C@H](OC)[C@@H](O)[C@H]1OC)C4=O. The number of hydrogen-bond donors (Lipinski definition) is 7. The van der Waals surface area contributed by atoms with E-state index in [9.17, 15) is 44.7 Å². The van der Waals surface area contributed by atoms with Gasteiger partial charge in [0.15, 0.2) is 17.4 Å². The van der Waals surface area contributed by atoms with Crippen LogP contribution in [0.4, 0.5) is 0 Å². The highest BCUT2D eigenvalue weighted by Crippen LogP contribution is 2.56. The molecule has 0 radical (unpaired) electrons. The maximum atomic E-state index is 14.6. The molecule has 1 heterocycles. The zero-order valence-electron chi connectivity index (χ0n) is 27.8. The average Bonchev–Trinajstić information content (AvgIpc) is 3.05. The van der Waals surface area contributed by atoms with Crippen LogP contribution < -0.4 is 5.32 Å². The van der Waals surface area contributed by atoms with Crippen LogP contribution in [0.2, 0.25) is 0 Å². The molecule has 0 bridgehead atoms. The molecule has 0 amide bonds. The number of benzene rings is 2. The van der Waals surface area contributed by atoms with Crippen molar-refractivity contribution in [3.8, 4) is 11.5 Å². The monoisotopic (exact) mass is 696 g/mol. The zero-order valence-corrected chi connectivity index (χ0v) is 27.8. The number of phenolic OH excluding ortho intramolecular Hbond substituents is 2. The number of carbonyl (C=O) groups excluding carboxylic acids is 4. The van der Waals surface area contributed by atoms with Crippen LogP contribution in [0.3, 0.4) is 0 Å². The van der Waals surface area contributed by atoms with Crippen LogP contribution >= 0.6 is 0 Å². The molecule has 16 heteroatoms. The van der Waals surface area contributed by atoms with E-state index in [1.807, 2.05) is 0 Å². The van der Waals surface area contributed by atoms with E-state index >= 15 is 0 Å². The van der Waals surface area contributed by atoms with Crippen LogP contribution in [0.15, 0.2) is 23.9 Å². The lowest BCUT2D eigenvalue weighted by Crippen LogP contribution is -2.73. The number of Topliss-reactive ketones (excluding diaryl/α,β-unsaturated/α-hetero) is 3. The summed E-state index contributed by atoms with van der Waals surface area (Å²) in [4.78, 5) is 55.7. The summed E-state index contributed by atoms with van der Waals surface area (Å²) in [6, 6.07) is 2.27. The number of rotatable bonds is 6. The largest absolute Gasteiger partial charge is 0.507 e. The van der Waals surface area contributed by atoms with Crippen molar-refractivity contribution in [2.75, 3.05) is 28.4 Å². The second-order valence-electron chi connectivity index (χ2n) is 12.6. The number of hydrogen-bond acceptors (Lipinski definition) is 16. The normalized spacial score (nSPS) is 31.7. The van der Waals surface area contributed by atoms with Gasteiger partial charge in [-0.1, -0.05) is 6.07 Å². The first kappa shape index (κ1) is 35.3. The lowest BCUT2D eigenvalue weighted by atomic mass is 9.56. The van der Waals surface area contributed by atoms with Gasteiger partial charge in [0.05, 0.1) is 41.9 Å². The van der Waals surface area contributed by atoms with Gasteiger partial charge >= 0.3 is 5.97 Å². The van der Waals surface area contributed by atoms with Crippen LogP contribution in [0.5, 0.6) is 11.5 Å². The van der Waals surface area contributed by atoms with Crippen LogP contribution in [0.25, 0.3) is 0 Å². The van der Waals surface area contributed by atoms with Crippen molar-refractivity contribution in [2.24, 2.45) is 0 Å². The van der Waals surface area contributed by atoms with E-state index in [4.69, 9.17) is 29.1 Å². The predicted molar refractivity (Wildman–Crippen MR) is 169 cm³/mol. The second kappa shape index (κ2) is 12.1. The highest BCUT2D eigenvalue weighted by Gasteiger charge is 2.72. The Morgan fingerprint density at radius 1 is 0.980 bits per heavy atom. The molecule has 7 N–H and O–H groups in total. The number of fused-ring (bicyclic) bond motifs is 5. The Morgan fingerprint density at radius 2 is 1.64 bits per heavy atom. The molecule has 4 aliphatic rings. The van der Waals surface area contributed by atoms with Gasteiger partial charge in [0.25, 0.3) is 0 Å². The molecule has 1 saturated heterocycles. The van der Waals surface area contributed by atoms with Gasteiger partial charge in [0.2, 0.25) is 17.3 Å². The number of allylic oxidation sites excluding steroid dienone is 2. The van der Waals surface area contributed by atoms with E-state index in [1.165, 1.54) is 27.2 Å². The van der Waals surface area contributed by atoms with E-state index < -0.39 is 128 Å². The Balaban J connectivity index is 1.51. The highest BCUT2D eigenvalue weighted by molar-refractivity contribution is 6.31. The molecule has 0 saturated carbocycles. The van der Waals surface area contributed by atoms with Crippen molar-refractivity contribution >= 4 is 29.0 Å². The zero-order chi connectivity index (χ0) is 36.8. The van der Waals surface area contributed by atoms with Crippen molar-refractivity contribution in [1.29, 1.82) is 5.41 Å². The fourth-order valence-corrected chi connectivity index (χ4v) is 7.88. The molecule has 50 heavy (non-hydrogen) atoms. The maximum absolute atomic E-state index is 14.6. The molecule has 3 aliphatic carbocycles. The topological polar surface area (TPSA) is 251 Å². The van der Waals surface area contributed by atoms with Gasteiger partial charge in [-0.2, -0.15) is 0 Å². The molecule has 2 aromatic rings. The number of esters is 1. The third-order valence-corrected chi connectivity index (χ3v) is 10.2. The van der Waals surface area contributed by atoms with Gasteiger partial charge in [-0.15, -0.1) is 0 Å². The van der Waals surface area contributed by atoms with Gasteiger partial charge in [-0.3, -0.25) is 14.4 Å². The van der Waals surface area contributed by atoms with Crippen molar-refractivity contribution in [3.63, 3.8) is 0 Å². The molecule has 1 aliphatic heterocycles. The standard InChI is InChI=1S/C34H36N2O14/c1-11-7-13-8-18(37)34(49-6)30(43)21-15(29(42)33(34,45)22(13)25(40)19(11)32(44)48-5)9-14-20(24(21)39)16(35)10-17(23(14)38)36-31-28(47-4)26(41)27(46-3)12(2)50-31/h7,9-10,12,18,26-28,31,35-37,39-41,45H,8H2,1-6H3/t12-,18+,26+,27-,28+,31-,33-,34+/m0/s1. The first-order valence-electron chi connectivity index (χ1n) is 15.5. The summed E-state index contributed by atoms with van der Waals surface area (Å²) in [7, 11) is 4.70. The molecule has 6 rings (SSSR count). The molecule has 266 valence electrons. The molecule has 1 fully saturated rings. The van der Waals surface area contributed by atoms with Crippen molar-refractivity contribution in [2.45, 2.75) is 68.2 Å². The minimum absolute atomic E-state index is 0.0155. The Bertz CT molecular complexity index is 1920. The Hall–Kier alpha value is -4.55.